The minimum atomic E-state index is 0.251. The molecule has 1 heterocycles. The van der Waals surface area contributed by atoms with E-state index < -0.39 is 0 Å². The first-order chi connectivity index (χ1) is 6.70. The van der Waals surface area contributed by atoms with E-state index in [9.17, 15) is 0 Å². The van der Waals surface area contributed by atoms with Crippen molar-refractivity contribution in [2.45, 2.75) is 32.4 Å². The number of benzene rings is 1. The van der Waals surface area contributed by atoms with Gasteiger partial charge in [-0.3, -0.25) is 0 Å². The van der Waals surface area contributed by atoms with Gasteiger partial charge in [0.05, 0.1) is 6.10 Å². The maximum atomic E-state index is 5.50. The summed E-state index contributed by atoms with van der Waals surface area (Å²) in [7, 11) is 1.79. The predicted octanol–water partition coefficient (Wildman–Crippen LogP) is 2.89. The predicted molar refractivity (Wildman–Crippen MR) is 58.6 cm³/mol. The molecule has 0 amide bonds. The number of methoxy groups -OCH3 is 1. The molecule has 76 valence electrons. The number of hydrogen-bond acceptors (Lipinski definition) is 2. The van der Waals surface area contributed by atoms with Gasteiger partial charge in [-0.2, -0.15) is 0 Å². The van der Waals surface area contributed by atoms with Crippen LogP contribution >= 0.6 is 0 Å². The molecular weight excluding hydrogens is 174 g/mol. The number of aryl methyl sites for hydroxylation is 1. The van der Waals surface area contributed by atoms with Crippen molar-refractivity contribution < 1.29 is 4.74 Å². The molecule has 0 saturated carbocycles. The first kappa shape index (κ1) is 9.53. The smallest absolute Gasteiger partial charge is 0.0860 e. The fourth-order valence-electron chi connectivity index (χ4n) is 2.08. The molecule has 0 bridgehead atoms. The monoisotopic (exact) mass is 191 g/mol. The Balaban J connectivity index is 2.41. The summed E-state index contributed by atoms with van der Waals surface area (Å²) in [6, 6.07) is 6.99. The van der Waals surface area contributed by atoms with Gasteiger partial charge in [0, 0.05) is 24.4 Å². The fraction of sp³-hybridized carbons (Fsp3) is 0.500. The minimum Gasteiger partial charge on any atom is -0.382 e. The molecule has 2 heteroatoms. The normalized spacial score (nSPS) is 25.4. The topological polar surface area (TPSA) is 21.3 Å². The highest BCUT2D eigenvalue weighted by atomic mass is 16.5. The molecule has 1 aromatic rings. The lowest BCUT2D eigenvalue weighted by molar-refractivity contribution is 0.0894. The van der Waals surface area contributed by atoms with Crippen LogP contribution in [0.3, 0.4) is 0 Å². The Labute approximate surface area is 85.3 Å². The van der Waals surface area contributed by atoms with Gasteiger partial charge in [-0.1, -0.05) is 17.7 Å². The van der Waals surface area contributed by atoms with Gasteiger partial charge in [-0.25, -0.2) is 0 Å². The first-order valence-corrected chi connectivity index (χ1v) is 5.10. The van der Waals surface area contributed by atoms with Gasteiger partial charge in [0.1, 0.15) is 0 Å². The van der Waals surface area contributed by atoms with E-state index >= 15 is 0 Å². The van der Waals surface area contributed by atoms with Crippen LogP contribution in [0.4, 0.5) is 5.69 Å². The van der Waals surface area contributed by atoms with E-state index in [-0.39, 0.29) is 6.10 Å². The summed E-state index contributed by atoms with van der Waals surface area (Å²) < 4.78 is 5.50. The number of anilines is 1. The van der Waals surface area contributed by atoms with Crippen molar-refractivity contribution >= 4 is 5.69 Å². The summed E-state index contributed by atoms with van der Waals surface area (Å²) in [4.78, 5) is 0. The first-order valence-electron chi connectivity index (χ1n) is 5.10. The molecule has 2 unspecified atom stereocenters. The molecule has 1 aromatic carbocycles. The average molecular weight is 191 g/mol. The van der Waals surface area contributed by atoms with Crippen molar-refractivity contribution in [2.75, 3.05) is 12.4 Å². The van der Waals surface area contributed by atoms with E-state index in [0.717, 1.165) is 6.42 Å². The van der Waals surface area contributed by atoms with Crippen molar-refractivity contribution in [2.24, 2.45) is 0 Å². The maximum absolute atomic E-state index is 5.50. The Morgan fingerprint density at radius 3 is 2.93 bits per heavy atom. The van der Waals surface area contributed by atoms with Gasteiger partial charge in [0.2, 0.25) is 0 Å². The fourth-order valence-corrected chi connectivity index (χ4v) is 2.08. The van der Waals surface area contributed by atoms with E-state index in [1.807, 2.05) is 0 Å². The molecule has 0 spiro atoms. The summed E-state index contributed by atoms with van der Waals surface area (Å²) in [6.45, 7) is 4.31. The van der Waals surface area contributed by atoms with Crippen molar-refractivity contribution in [3.05, 3.63) is 29.3 Å². The van der Waals surface area contributed by atoms with Crippen molar-refractivity contribution in [1.82, 2.24) is 0 Å². The molecular formula is C12H17NO. The summed E-state index contributed by atoms with van der Waals surface area (Å²) >= 11 is 0. The second-order valence-corrected chi connectivity index (χ2v) is 4.10. The van der Waals surface area contributed by atoms with Crippen LogP contribution in [-0.4, -0.2) is 13.2 Å². The van der Waals surface area contributed by atoms with Gasteiger partial charge in [0.15, 0.2) is 0 Å². The van der Waals surface area contributed by atoms with Gasteiger partial charge in [0.25, 0.3) is 0 Å². The zero-order chi connectivity index (χ0) is 10.1. The van der Waals surface area contributed by atoms with Crippen molar-refractivity contribution in [3.63, 3.8) is 0 Å². The lowest BCUT2D eigenvalue weighted by Gasteiger charge is -2.30. The molecule has 14 heavy (non-hydrogen) atoms. The number of hydrogen-bond donors (Lipinski definition) is 1. The van der Waals surface area contributed by atoms with Gasteiger partial charge >= 0.3 is 0 Å². The second kappa shape index (κ2) is 3.62. The van der Waals surface area contributed by atoms with Crippen LogP contribution in [-0.2, 0) is 4.74 Å². The van der Waals surface area contributed by atoms with E-state index in [4.69, 9.17) is 4.74 Å². The summed E-state index contributed by atoms with van der Waals surface area (Å²) in [5, 5.41) is 3.47. The highest BCUT2D eigenvalue weighted by molar-refractivity contribution is 5.56. The number of rotatable bonds is 1. The Hall–Kier alpha value is -1.02. The summed E-state index contributed by atoms with van der Waals surface area (Å²) in [6.07, 6.45) is 1.30. The van der Waals surface area contributed by atoms with Crippen LogP contribution in [0.25, 0.3) is 0 Å². The molecule has 0 saturated heterocycles. The number of nitrogens with one attached hydrogen (secondary N) is 1. The molecule has 2 rings (SSSR count). The third-order valence-corrected chi connectivity index (χ3v) is 2.81. The lowest BCUT2D eigenvalue weighted by atomic mass is 9.94. The highest BCUT2D eigenvalue weighted by Gasteiger charge is 2.23. The average Bonchev–Trinajstić information content (AvgIpc) is 2.17. The Morgan fingerprint density at radius 1 is 1.43 bits per heavy atom. The maximum Gasteiger partial charge on any atom is 0.0860 e. The molecule has 0 fully saturated rings. The molecule has 0 aliphatic carbocycles. The molecule has 2 nitrogen and oxygen atoms in total. The van der Waals surface area contributed by atoms with E-state index in [0.29, 0.717) is 6.04 Å². The molecule has 1 aliphatic rings. The van der Waals surface area contributed by atoms with Crippen LogP contribution in [0.5, 0.6) is 0 Å². The van der Waals surface area contributed by atoms with E-state index in [1.165, 1.54) is 16.8 Å². The van der Waals surface area contributed by atoms with Gasteiger partial charge in [-0.05, 0) is 26.3 Å². The van der Waals surface area contributed by atoms with Crippen LogP contribution < -0.4 is 5.32 Å². The quantitative estimate of drug-likeness (QED) is 0.737. The Kier molecular flexibility index (Phi) is 2.46. The zero-order valence-corrected chi connectivity index (χ0v) is 9.00. The molecule has 0 radical (unpaired) electrons. The third kappa shape index (κ3) is 1.62. The Morgan fingerprint density at radius 2 is 2.21 bits per heavy atom. The number of fused-ring (bicyclic) bond motifs is 1. The summed E-state index contributed by atoms with van der Waals surface area (Å²) in [5.74, 6) is 0. The van der Waals surface area contributed by atoms with E-state index in [1.54, 1.807) is 7.11 Å². The number of ether oxygens (including phenoxy) is 1. The van der Waals surface area contributed by atoms with Crippen LogP contribution in [0.15, 0.2) is 18.2 Å². The second-order valence-electron chi connectivity index (χ2n) is 4.10. The third-order valence-electron chi connectivity index (χ3n) is 2.81. The van der Waals surface area contributed by atoms with Crippen LogP contribution in [0.2, 0.25) is 0 Å². The van der Waals surface area contributed by atoms with Gasteiger partial charge in [-0.15, -0.1) is 0 Å². The zero-order valence-electron chi connectivity index (χ0n) is 9.00. The lowest BCUT2D eigenvalue weighted by Crippen LogP contribution is -2.26. The molecule has 1 aliphatic heterocycles. The largest absolute Gasteiger partial charge is 0.382 e. The molecule has 0 aromatic heterocycles. The summed E-state index contributed by atoms with van der Waals surface area (Å²) in [5.41, 5.74) is 3.81. The SMILES string of the molecule is COC1CC(C)Nc2ccc(C)cc21. The Bertz CT molecular complexity index is 335. The van der Waals surface area contributed by atoms with E-state index in [2.05, 4.69) is 37.4 Å². The highest BCUT2D eigenvalue weighted by Crippen LogP contribution is 2.34. The molecule has 1 N–H and O–H groups in total. The van der Waals surface area contributed by atoms with Gasteiger partial charge < -0.3 is 10.1 Å². The minimum absolute atomic E-state index is 0.251. The molecule has 2 atom stereocenters. The van der Waals surface area contributed by atoms with Crippen LogP contribution in [0.1, 0.15) is 30.6 Å². The van der Waals surface area contributed by atoms with Crippen molar-refractivity contribution in [1.29, 1.82) is 0 Å². The van der Waals surface area contributed by atoms with Crippen LogP contribution in [0, 0.1) is 6.92 Å². The standard InChI is InChI=1S/C12H17NO/c1-8-4-5-11-10(6-8)12(14-3)7-9(2)13-11/h4-6,9,12-13H,7H2,1-3H3. The van der Waals surface area contributed by atoms with Crippen molar-refractivity contribution in [3.8, 4) is 0 Å².